The van der Waals surface area contributed by atoms with Crippen LogP contribution in [0.3, 0.4) is 0 Å². The third kappa shape index (κ3) is 8.62. The van der Waals surface area contributed by atoms with Crippen molar-refractivity contribution >= 4 is 46.4 Å². The monoisotopic (exact) mass is 639 g/mol. The summed E-state index contributed by atoms with van der Waals surface area (Å²) in [4.78, 5) is 85.0. The number of aliphatic carboxylic acids is 1. The van der Waals surface area contributed by atoms with Crippen LogP contribution in [0.15, 0.2) is 30.5 Å². The molecule has 1 aromatic heterocycles. The molecule has 2 aliphatic heterocycles. The molecule has 8 N–H and O–H groups in total. The van der Waals surface area contributed by atoms with Crippen LogP contribution >= 0.6 is 0 Å². The first kappa shape index (κ1) is 34.4. The van der Waals surface area contributed by atoms with Crippen molar-refractivity contribution in [3.8, 4) is 0 Å². The summed E-state index contributed by atoms with van der Waals surface area (Å²) in [5.74, 6) is -4.56. The second-order valence-corrected chi connectivity index (χ2v) is 12.5. The molecular weight excluding hydrogens is 594 g/mol. The van der Waals surface area contributed by atoms with Crippen LogP contribution < -0.4 is 27.0 Å². The van der Waals surface area contributed by atoms with E-state index in [1.54, 1.807) is 6.20 Å². The normalized spacial score (nSPS) is 24.9. The molecule has 0 bridgehead atoms. The molecule has 1 aromatic carbocycles. The Hall–Kier alpha value is -4.46. The van der Waals surface area contributed by atoms with Crippen LogP contribution in [-0.4, -0.2) is 93.8 Å². The van der Waals surface area contributed by atoms with Gasteiger partial charge in [0, 0.05) is 30.1 Å². The fourth-order valence-electron chi connectivity index (χ4n) is 6.16. The number of hydrogen-bond donors (Lipinski definition) is 7. The van der Waals surface area contributed by atoms with E-state index in [9.17, 15) is 33.9 Å². The Morgan fingerprint density at radius 3 is 2.28 bits per heavy atom. The molecule has 0 unspecified atom stereocenters. The Morgan fingerprint density at radius 1 is 0.913 bits per heavy atom. The lowest BCUT2D eigenvalue weighted by Crippen LogP contribution is -2.58. The van der Waals surface area contributed by atoms with E-state index in [0.717, 1.165) is 10.9 Å². The lowest BCUT2D eigenvalue weighted by atomic mass is 9.99. The number of carbonyl (C=O) groups is 6. The number of amides is 5. The van der Waals surface area contributed by atoms with E-state index in [2.05, 4.69) is 26.3 Å². The Morgan fingerprint density at radius 2 is 1.57 bits per heavy atom. The van der Waals surface area contributed by atoms with Gasteiger partial charge in [0.2, 0.25) is 29.5 Å². The van der Waals surface area contributed by atoms with Crippen molar-refractivity contribution in [3.05, 3.63) is 36.0 Å². The van der Waals surface area contributed by atoms with Crippen molar-refractivity contribution < 1.29 is 33.9 Å². The molecule has 0 aliphatic carbocycles. The Labute approximate surface area is 267 Å². The largest absolute Gasteiger partial charge is 0.481 e. The van der Waals surface area contributed by atoms with Gasteiger partial charge in [-0.3, -0.25) is 28.8 Å². The summed E-state index contributed by atoms with van der Waals surface area (Å²) in [6.45, 7) is 4.50. The average molecular weight is 640 g/mol. The average Bonchev–Trinajstić information content (AvgIpc) is 3.66. The fraction of sp³-hybridized carbons (Fsp3) is 0.562. The zero-order valence-electron chi connectivity index (χ0n) is 26.3. The lowest BCUT2D eigenvalue weighted by Gasteiger charge is -2.31. The summed E-state index contributed by atoms with van der Waals surface area (Å²) in [6, 6.07) is 1.74. The van der Waals surface area contributed by atoms with Gasteiger partial charge in [-0.15, -0.1) is 0 Å². The maximum Gasteiger partial charge on any atom is 0.305 e. The molecule has 14 heteroatoms. The van der Waals surface area contributed by atoms with E-state index >= 15 is 0 Å². The Bertz CT molecular complexity index is 1440. The smallest absolute Gasteiger partial charge is 0.305 e. The molecule has 5 amide bonds. The van der Waals surface area contributed by atoms with Gasteiger partial charge in [0.05, 0.1) is 6.42 Å². The Kier molecular flexibility index (Phi) is 11.7. The molecule has 5 atom stereocenters. The molecule has 2 saturated heterocycles. The van der Waals surface area contributed by atoms with Crippen molar-refractivity contribution in [2.75, 3.05) is 13.1 Å². The zero-order valence-corrected chi connectivity index (χ0v) is 26.3. The summed E-state index contributed by atoms with van der Waals surface area (Å²) in [5, 5.41) is 21.2. The van der Waals surface area contributed by atoms with Gasteiger partial charge in [0.25, 0.3) is 0 Å². The SMILES string of the molecule is CC(C)C[C@@H]1NC(=O)[C@H](Cc2c[nH]c3ccccc23)NC(=O)[C@H](CC(=O)O)NC(=O)[C@@H](CCCCN)NC(=O)[C@@H]2CCCN2C1=O. The predicted octanol–water partition coefficient (Wildman–Crippen LogP) is 0.304. The summed E-state index contributed by atoms with van der Waals surface area (Å²) in [7, 11) is 0. The molecule has 250 valence electrons. The van der Waals surface area contributed by atoms with Crippen LogP contribution in [0.2, 0.25) is 0 Å². The minimum Gasteiger partial charge on any atom is -0.481 e. The fourth-order valence-corrected chi connectivity index (χ4v) is 6.16. The number of unbranched alkanes of at least 4 members (excludes halogenated alkanes) is 1. The zero-order chi connectivity index (χ0) is 33.4. The first-order chi connectivity index (χ1) is 22.0. The number of nitrogens with zero attached hydrogens (tertiary/aromatic N) is 1. The molecule has 46 heavy (non-hydrogen) atoms. The van der Waals surface area contributed by atoms with Gasteiger partial charge in [-0.1, -0.05) is 32.0 Å². The molecule has 2 aromatic rings. The first-order valence-electron chi connectivity index (χ1n) is 16.0. The highest BCUT2D eigenvalue weighted by atomic mass is 16.4. The van der Waals surface area contributed by atoms with E-state index in [1.807, 2.05) is 38.1 Å². The highest BCUT2D eigenvalue weighted by molar-refractivity contribution is 5.99. The van der Waals surface area contributed by atoms with Crippen molar-refractivity contribution in [1.29, 1.82) is 0 Å². The Balaban J connectivity index is 1.74. The summed E-state index contributed by atoms with van der Waals surface area (Å²) >= 11 is 0. The molecular formula is C32H45N7O7. The van der Waals surface area contributed by atoms with Crippen LogP contribution in [0.25, 0.3) is 10.9 Å². The lowest BCUT2D eigenvalue weighted by molar-refractivity contribution is -0.142. The third-order valence-electron chi connectivity index (χ3n) is 8.48. The van der Waals surface area contributed by atoms with Crippen molar-refractivity contribution in [2.24, 2.45) is 11.7 Å². The minimum atomic E-state index is -1.54. The maximum absolute atomic E-state index is 14.0. The van der Waals surface area contributed by atoms with Crippen molar-refractivity contribution in [3.63, 3.8) is 0 Å². The number of carboxylic acid groups (broad SMARTS) is 1. The molecule has 14 nitrogen and oxygen atoms in total. The van der Waals surface area contributed by atoms with E-state index in [1.165, 1.54) is 4.90 Å². The number of para-hydroxylation sites is 1. The summed E-state index contributed by atoms with van der Waals surface area (Å²) < 4.78 is 0. The van der Waals surface area contributed by atoms with Gasteiger partial charge >= 0.3 is 5.97 Å². The number of H-pyrrole nitrogens is 1. The molecule has 2 fully saturated rings. The summed E-state index contributed by atoms with van der Waals surface area (Å²) in [5.41, 5.74) is 7.18. The molecule has 2 aliphatic rings. The molecule has 4 rings (SSSR count). The molecule has 0 radical (unpaired) electrons. The van der Waals surface area contributed by atoms with Gasteiger partial charge in [0.1, 0.15) is 30.2 Å². The number of aromatic amines is 1. The topological polar surface area (TPSA) is 216 Å². The standard InChI is InChI=1S/C32H45N7O7/c1-18(2)14-25-32(46)39-13-7-11-26(39)31(45)35-22(10-5-6-12-33)28(42)37-24(16-27(40)41)30(44)36-23(29(43)38-25)15-19-17-34-21-9-4-3-8-20(19)21/h3-4,8-9,17-18,22-26,34H,5-7,10-16,33H2,1-2H3,(H,35,45)(H,36,44)(H,37,42)(H,38,43)(H,40,41)/t22-,23+,24+,25+,26+/m1/s1. The number of benzene rings is 1. The van der Waals surface area contributed by atoms with Gasteiger partial charge < -0.3 is 42.0 Å². The minimum absolute atomic E-state index is 0.00145. The number of fused-ring (bicyclic) bond motifs is 2. The third-order valence-corrected chi connectivity index (χ3v) is 8.48. The first-order valence-corrected chi connectivity index (χ1v) is 16.0. The van der Waals surface area contributed by atoms with Crippen LogP contribution in [0.4, 0.5) is 0 Å². The number of nitrogens with one attached hydrogen (secondary N) is 5. The van der Waals surface area contributed by atoms with E-state index in [4.69, 9.17) is 5.73 Å². The van der Waals surface area contributed by atoms with Crippen LogP contribution in [0.1, 0.15) is 64.4 Å². The molecule has 0 spiro atoms. The van der Waals surface area contributed by atoms with Crippen LogP contribution in [-0.2, 0) is 35.2 Å². The molecule has 3 heterocycles. The number of carbonyl (C=O) groups excluding carboxylic acids is 5. The number of aromatic nitrogens is 1. The maximum atomic E-state index is 14.0. The predicted molar refractivity (Wildman–Crippen MR) is 169 cm³/mol. The second kappa shape index (κ2) is 15.7. The van der Waals surface area contributed by atoms with E-state index < -0.39 is 72.1 Å². The van der Waals surface area contributed by atoms with Crippen LogP contribution in [0.5, 0.6) is 0 Å². The van der Waals surface area contributed by atoms with Crippen LogP contribution in [0, 0.1) is 5.92 Å². The highest BCUT2D eigenvalue weighted by Crippen LogP contribution is 2.23. The van der Waals surface area contributed by atoms with Gasteiger partial charge in [-0.05, 0) is 62.6 Å². The number of carboxylic acids is 1. The molecule has 0 saturated carbocycles. The highest BCUT2D eigenvalue weighted by Gasteiger charge is 2.40. The van der Waals surface area contributed by atoms with Crippen molar-refractivity contribution in [2.45, 2.75) is 95.4 Å². The van der Waals surface area contributed by atoms with Crippen molar-refractivity contribution in [1.82, 2.24) is 31.2 Å². The van der Waals surface area contributed by atoms with E-state index in [-0.39, 0.29) is 25.2 Å². The van der Waals surface area contributed by atoms with Gasteiger partial charge in [-0.2, -0.15) is 0 Å². The van der Waals surface area contributed by atoms with E-state index in [0.29, 0.717) is 44.3 Å². The summed E-state index contributed by atoms with van der Waals surface area (Å²) in [6.07, 6.45) is 3.47. The number of nitrogens with two attached hydrogens (primary N) is 1. The number of hydrogen-bond acceptors (Lipinski definition) is 7. The number of rotatable bonds is 10. The van der Waals surface area contributed by atoms with Gasteiger partial charge in [0.15, 0.2) is 0 Å². The second-order valence-electron chi connectivity index (χ2n) is 12.5. The quantitative estimate of drug-likeness (QED) is 0.179. The van der Waals surface area contributed by atoms with Gasteiger partial charge in [-0.25, -0.2) is 0 Å².